The summed E-state index contributed by atoms with van der Waals surface area (Å²) in [6.07, 6.45) is 3.42. The lowest BCUT2D eigenvalue weighted by Gasteiger charge is -2.06. The smallest absolute Gasteiger partial charge is 0.252 e. The monoisotopic (exact) mass is 357 g/mol. The van der Waals surface area contributed by atoms with Crippen molar-refractivity contribution in [2.75, 3.05) is 0 Å². The molecule has 1 aromatic heterocycles. The van der Waals surface area contributed by atoms with Crippen LogP contribution in [0.5, 0.6) is 0 Å². The number of benzene rings is 1. The van der Waals surface area contributed by atoms with Crippen molar-refractivity contribution in [3.05, 3.63) is 50.7 Å². The fourth-order valence-electron chi connectivity index (χ4n) is 1.32. The highest BCUT2D eigenvalue weighted by Gasteiger charge is 2.10. The standard InChI is InChI=1S/C11H9Br2N3O/c12-8-1-2-10(13)9(3-8)11(17)14-4-7-5-15-16-6-7/h1-3,5-6H,4H2,(H,14,17)(H,15,16). The maximum atomic E-state index is 11.9. The molecule has 0 aliphatic heterocycles. The van der Waals surface area contributed by atoms with E-state index in [0.29, 0.717) is 12.1 Å². The number of halogens is 2. The van der Waals surface area contributed by atoms with E-state index in [1.807, 2.05) is 12.1 Å². The van der Waals surface area contributed by atoms with Crippen LogP contribution in [0.2, 0.25) is 0 Å². The predicted octanol–water partition coefficient (Wildman–Crippen LogP) is 2.86. The van der Waals surface area contributed by atoms with E-state index in [4.69, 9.17) is 0 Å². The number of aromatic nitrogens is 2. The molecule has 1 heterocycles. The van der Waals surface area contributed by atoms with Crippen molar-refractivity contribution in [3.8, 4) is 0 Å². The third-order valence-corrected chi connectivity index (χ3v) is 3.37. The molecule has 4 nitrogen and oxygen atoms in total. The second kappa shape index (κ2) is 5.46. The number of aromatic amines is 1. The number of rotatable bonds is 3. The van der Waals surface area contributed by atoms with E-state index in [1.165, 1.54) is 0 Å². The Balaban J connectivity index is 2.07. The van der Waals surface area contributed by atoms with Crippen LogP contribution >= 0.6 is 31.9 Å². The zero-order valence-electron chi connectivity index (χ0n) is 8.71. The quantitative estimate of drug-likeness (QED) is 0.886. The number of nitrogens with one attached hydrogen (secondary N) is 2. The molecule has 0 fully saturated rings. The van der Waals surface area contributed by atoms with E-state index in [1.54, 1.807) is 18.5 Å². The number of carbonyl (C=O) groups excluding carboxylic acids is 1. The van der Waals surface area contributed by atoms with Crippen LogP contribution in [0.4, 0.5) is 0 Å². The highest BCUT2D eigenvalue weighted by atomic mass is 79.9. The minimum absolute atomic E-state index is 0.126. The summed E-state index contributed by atoms with van der Waals surface area (Å²) < 4.78 is 1.64. The van der Waals surface area contributed by atoms with Gasteiger partial charge in [-0.15, -0.1) is 0 Å². The zero-order chi connectivity index (χ0) is 12.3. The summed E-state index contributed by atoms with van der Waals surface area (Å²) in [6.45, 7) is 0.453. The van der Waals surface area contributed by atoms with E-state index in [9.17, 15) is 4.79 Å². The average molecular weight is 359 g/mol. The Morgan fingerprint density at radius 3 is 2.94 bits per heavy atom. The van der Waals surface area contributed by atoms with E-state index in [0.717, 1.165) is 14.5 Å². The molecule has 2 aromatic rings. The molecule has 2 N–H and O–H groups in total. The summed E-state index contributed by atoms with van der Waals surface area (Å²) in [5.74, 6) is -0.126. The van der Waals surface area contributed by atoms with Crippen molar-refractivity contribution in [2.45, 2.75) is 6.54 Å². The molecule has 0 atom stereocenters. The van der Waals surface area contributed by atoms with Gasteiger partial charge in [-0.3, -0.25) is 9.89 Å². The Bertz CT molecular complexity index is 526. The van der Waals surface area contributed by atoms with Gasteiger partial charge in [0.2, 0.25) is 0 Å². The van der Waals surface area contributed by atoms with Crippen molar-refractivity contribution in [3.63, 3.8) is 0 Å². The third-order valence-electron chi connectivity index (χ3n) is 2.18. The molecule has 0 aliphatic carbocycles. The third kappa shape index (κ3) is 3.17. The number of hydrogen-bond acceptors (Lipinski definition) is 2. The SMILES string of the molecule is O=C(NCc1cn[nH]c1)c1cc(Br)ccc1Br. The number of amides is 1. The van der Waals surface area contributed by atoms with E-state index in [2.05, 4.69) is 47.4 Å². The molecule has 0 bridgehead atoms. The van der Waals surface area contributed by atoms with Crippen molar-refractivity contribution in [1.29, 1.82) is 0 Å². The molecule has 6 heteroatoms. The molecule has 0 aliphatic rings. The van der Waals surface area contributed by atoms with Gasteiger partial charge < -0.3 is 5.32 Å². The van der Waals surface area contributed by atoms with Crippen molar-refractivity contribution < 1.29 is 4.79 Å². The van der Waals surface area contributed by atoms with Gasteiger partial charge in [0.25, 0.3) is 5.91 Å². The van der Waals surface area contributed by atoms with E-state index < -0.39 is 0 Å². The topological polar surface area (TPSA) is 57.8 Å². The second-order valence-corrected chi connectivity index (χ2v) is 5.18. The first-order chi connectivity index (χ1) is 8.16. The van der Waals surface area contributed by atoms with Gasteiger partial charge in [-0.1, -0.05) is 15.9 Å². The molecule has 0 saturated carbocycles. The molecule has 0 radical (unpaired) electrons. The predicted molar refractivity (Wildman–Crippen MR) is 71.6 cm³/mol. The van der Waals surface area contributed by atoms with Crippen LogP contribution in [0.3, 0.4) is 0 Å². The first-order valence-corrected chi connectivity index (χ1v) is 6.46. The second-order valence-electron chi connectivity index (χ2n) is 3.41. The van der Waals surface area contributed by atoms with Crippen molar-refractivity contribution >= 4 is 37.8 Å². The minimum Gasteiger partial charge on any atom is -0.348 e. The molecule has 88 valence electrons. The lowest BCUT2D eigenvalue weighted by Crippen LogP contribution is -2.22. The van der Waals surface area contributed by atoms with Gasteiger partial charge in [0.15, 0.2) is 0 Å². The first-order valence-electron chi connectivity index (χ1n) is 4.88. The molecular formula is C11H9Br2N3O. The van der Waals surface area contributed by atoms with Gasteiger partial charge in [-0.25, -0.2) is 0 Å². The lowest BCUT2D eigenvalue weighted by molar-refractivity contribution is 0.0950. The largest absolute Gasteiger partial charge is 0.348 e. The number of nitrogens with zero attached hydrogens (tertiary/aromatic N) is 1. The Labute approximate surface area is 115 Å². The van der Waals surface area contributed by atoms with Crippen LogP contribution in [-0.2, 0) is 6.54 Å². The molecular weight excluding hydrogens is 350 g/mol. The summed E-state index contributed by atoms with van der Waals surface area (Å²) in [7, 11) is 0. The Morgan fingerprint density at radius 1 is 1.41 bits per heavy atom. The van der Waals surface area contributed by atoms with Crippen LogP contribution in [0.1, 0.15) is 15.9 Å². The molecule has 0 saturated heterocycles. The Kier molecular flexibility index (Phi) is 3.96. The lowest BCUT2D eigenvalue weighted by atomic mass is 10.2. The highest BCUT2D eigenvalue weighted by Crippen LogP contribution is 2.21. The van der Waals surface area contributed by atoms with Crippen LogP contribution in [0.15, 0.2) is 39.5 Å². The number of hydrogen-bond donors (Lipinski definition) is 2. The summed E-state index contributed by atoms with van der Waals surface area (Å²) in [5, 5.41) is 9.33. The summed E-state index contributed by atoms with van der Waals surface area (Å²) in [4.78, 5) is 11.9. The fourth-order valence-corrected chi connectivity index (χ4v) is 2.11. The highest BCUT2D eigenvalue weighted by molar-refractivity contribution is 9.11. The van der Waals surface area contributed by atoms with Gasteiger partial charge in [0, 0.05) is 27.3 Å². The van der Waals surface area contributed by atoms with Crippen molar-refractivity contribution in [1.82, 2.24) is 15.5 Å². The van der Waals surface area contributed by atoms with Gasteiger partial charge >= 0.3 is 0 Å². The van der Waals surface area contributed by atoms with E-state index >= 15 is 0 Å². The molecule has 17 heavy (non-hydrogen) atoms. The first kappa shape index (κ1) is 12.3. The summed E-state index contributed by atoms with van der Waals surface area (Å²) >= 11 is 6.69. The minimum atomic E-state index is -0.126. The Morgan fingerprint density at radius 2 is 2.24 bits per heavy atom. The van der Waals surface area contributed by atoms with E-state index in [-0.39, 0.29) is 5.91 Å². The molecule has 0 unspecified atom stereocenters. The van der Waals surface area contributed by atoms with Gasteiger partial charge in [-0.2, -0.15) is 5.10 Å². The van der Waals surface area contributed by atoms with Gasteiger partial charge in [0.05, 0.1) is 11.8 Å². The van der Waals surface area contributed by atoms with Crippen LogP contribution in [-0.4, -0.2) is 16.1 Å². The maximum Gasteiger partial charge on any atom is 0.252 e. The molecule has 0 spiro atoms. The Hall–Kier alpha value is -1.14. The molecule has 1 aromatic carbocycles. The summed E-state index contributed by atoms with van der Waals surface area (Å²) in [6, 6.07) is 5.47. The number of H-pyrrole nitrogens is 1. The fraction of sp³-hybridized carbons (Fsp3) is 0.0909. The van der Waals surface area contributed by atoms with Gasteiger partial charge in [0.1, 0.15) is 0 Å². The van der Waals surface area contributed by atoms with Gasteiger partial charge in [-0.05, 0) is 34.1 Å². The zero-order valence-corrected chi connectivity index (χ0v) is 11.9. The molecule has 2 rings (SSSR count). The average Bonchev–Trinajstić information content (AvgIpc) is 2.82. The van der Waals surface area contributed by atoms with Crippen LogP contribution < -0.4 is 5.32 Å². The van der Waals surface area contributed by atoms with Crippen LogP contribution in [0.25, 0.3) is 0 Å². The number of carbonyl (C=O) groups is 1. The molecule has 1 amide bonds. The van der Waals surface area contributed by atoms with Crippen molar-refractivity contribution in [2.24, 2.45) is 0 Å². The maximum absolute atomic E-state index is 11.9. The van der Waals surface area contributed by atoms with Crippen LogP contribution in [0, 0.1) is 0 Å². The summed E-state index contributed by atoms with van der Waals surface area (Å²) in [5.41, 5.74) is 1.53. The normalized spacial score (nSPS) is 10.2.